The summed E-state index contributed by atoms with van der Waals surface area (Å²) in [5.41, 5.74) is 5.51. The van der Waals surface area contributed by atoms with E-state index < -0.39 is 8.60 Å². The molecule has 0 aliphatic carbocycles. The normalized spacial score (nSPS) is 10.9. The van der Waals surface area contributed by atoms with Crippen molar-refractivity contribution in [1.29, 1.82) is 0 Å². The number of unbranched alkanes of at least 4 members (excludes halogenated alkanes) is 19. The van der Waals surface area contributed by atoms with Gasteiger partial charge in [-0.15, -0.1) is 0 Å². The van der Waals surface area contributed by atoms with E-state index in [1.165, 1.54) is 128 Å². The van der Waals surface area contributed by atoms with Crippen LogP contribution in [-0.4, -0.2) is 21.2 Å². The molecule has 0 unspecified atom stereocenters. The molecule has 5 N–H and O–H groups in total. The highest BCUT2D eigenvalue weighted by Gasteiger charge is 1.95. The third kappa shape index (κ3) is 37.7. The van der Waals surface area contributed by atoms with Crippen LogP contribution in [0, 0.1) is 0 Å². The summed E-state index contributed by atoms with van der Waals surface area (Å²) in [5.74, 6) is 0. The number of hydrogen-bond donors (Lipinski definition) is 4. The Labute approximate surface area is 171 Å². The zero-order chi connectivity index (χ0) is 20.4. The summed E-state index contributed by atoms with van der Waals surface area (Å²) < 4.78 is 0. The fourth-order valence-corrected chi connectivity index (χ4v) is 3.40. The third-order valence-corrected chi connectivity index (χ3v) is 5.06. The minimum absolute atomic E-state index is 0.874. The molecule has 0 bridgehead atoms. The standard InChI is InChI=1S/C22H47N.H3O3P/c1-2-3-4-5-6-7-8-9-10-11-12-13-14-15-16-17-18-19-20-21-22-23;1-4(2)3/h2-23H2,1H3;1-3H. The van der Waals surface area contributed by atoms with Crippen molar-refractivity contribution in [3.8, 4) is 0 Å². The Hall–Kier alpha value is 0.270. The third-order valence-electron chi connectivity index (χ3n) is 5.06. The molecule has 0 aromatic rings. The van der Waals surface area contributed by atoms with Crippen LogP contribution in [0.4, 0.5) is 0 Å². The van der Waals surface area contributed by atoms with Gasteiger partial charge in [-0.3, -0.25) is 0 Å². The summed E-state index contributed by atoms with van der Waals surface area (Å²) >= 11 is 0. The van der Waals surface area contributed by atoms with Crippen molar-refractivity contribution in [2.24, 2.45) is 5.73 Å². The van der Waals surface area contributed by atoms with E-state index >= 15 is 0 Å². The summed E-state index contributed by atoms with van der Waals surface area (Å²) in [7, 11) is -2.62. The minimum atomic E-state index is -2.62. The van der Waals surface area contributed by atoms with Crippen molar-refractivity contribution < 1.29 is 14.7 Å². The summed E-state index contributed by atoms with van der Waals surface area (Å²) in [6.45, 7) is 3.17. The van der Waals surface area contributed by atoms with Crippen LogP contribution in [0.25, 0.3) is 0 Å². The molecule has 0 atom stereocenters. The van der Waals surface area contributed by atoms with Gasteiger partial charge in [0.2, 0.25) is 0 Å². The number of rotatable bonds is 20. The second kappa shape index (κ2) is 28.5. The van der Waals surface area contributed by atoms with E-state index in [9.17, 15) is 0 Å². The summed E-state index contributed by atoms with van der Waals surface area (Å²) in [4.78, 5) is 21.7. The molecule has 0 spiro atoms. The lowest BCUT2D eigenvalue weighted by molar-refractivity contribution is 0.368. The van der Waals surface area contributed by atoms with Crippen molar-refractivity contribution in [3.63, 3.8) is 0 Å². The molecule has 166 valence electrons. The summed E-state index contributed by atoms with van der Waals surface area (Å²) in [6, 6.07) is 0. The van der Waals surface area contributed by atoms with E-state index in [0.717, 1.165) is 6.54 Å². The molecule has 0 amide bonds. The molecular formula is C22H50NO3P. The molecule has 0 aromatic heterocycles. The predicted molar refractivity (Wildman–Crippen MR) is 121 cm³/mol. The van der Waals surface area contributed by atoms with Gasteiger partial charge in [-0.25, -0.2) is 0 Å². The van der Waals surface area contributed by atoms with Gasteiger partial charge in [0.15, 0.2) is 0 Å². The van der Waals surface area contributed by atoms with E-state index in [1.807, 2.05) is 0 Å². The summed E-state index contributed by atoms with van der Waals surface area (Å²) in [6.07, 6.45) is 28.8. The van der Waals surface area contributed by atoms with Crippen LogP contribution in [0.5, 0.6) is 0 Å². The van der Waals surface area contributed by atoms with Crippen LogP contribution < -0.4 is 5.73 Å². The molecule has 0 aromatic carbocycles. The summed E-state index contributed by atoms with van der Waals surface area (Å²) in [5, 5.41) is 0. The topological polar surface area (TPSA) is 86.7 Å². The van der Waals surface area contributed by atoms with Crippen molar-refractivity contribution in [3.05, 3.63) is 0 Å². The monoisotopic (exact) mass is 407 g/mol. The largest absolute Gasteiger partial charge is 0.330 e. The quantitative estimate of drug-likeness (QED) is 0.130. The Morgan fingerprint density at radius 1 is 0.444 bits per heavy atom. The molecule has 4 nitrogen and oxygen atoms in total. The Kier molecular flexibility index (Phi) is 31.1. The average Bonchev–Trinajstić information content (AvgIpc) is 2.63. The van der Waals surface area contributed by atoms with Gasteiger partial charge < -0.3 is 20.4 Å². The van der Waals surface area contributed by atoms with Crippen LogP contribution in [0.15, 0.2) is 0 Å². The highest BCUT2D eigenvalue weighted by molar-refractivity contribution is 7.38. The minimum Gasteiger partial charge on any atom is -0.330 e. The van der Waals surface area contributed by atoms with Gasteiger partial charge in [0.05, 0.1) is 0 Å². The first-order valence-electron chi connectivity index (χ1n) is 11.7. The molecule has 0 fully saturated rings. The fourth-order valence-electron chi connectivity index (χ4n) is 3.40. The van der Waals surface area contributed by atoms with Crippen molar-refractivity contribution in [2.45, 2.75) is 135 Å². The van der Waals surface area contributed by atoms with Gasteiger partial charge in [-0.05, 0) is 13.0 Å². The predicted octanol–water partition coefficient (Wildman–Crippen LogP) is 6.96. The van der Waals surface area contributed by atoms with Crippen LogP contribution in [0.1, 0.15) is 135 Å². The van der Waals surface area contributed by atoms with Gasteiger partial charge in [0, 0.05) is 0 Å². The first kappa shape index (κ1) is 29.5. The van der Waals surface area contributed by atoms with E-state index in [1.54, 1.807) is 0 Å². The molecule has 0 saturated heterocycles. The fraction of sp³-hybridized carbons (Fsp3) is 1.00. The lowest BCUT2D eigenvalue weighted by Crippen LogP contribution is -1.97. The molecule has 0 saturated carbocycles. The molecule has 0 radical (unpaired) electrons. The zero-order valence-electron chi connectivity index (χ0n) is 18.2. The Morgan fingerprint density at radius 2 is 0.630 bits per heavy atom. The maximum atomic E-state index is 7.23. The van der Waals surface area contributed by atoms with Gasteiger partial charge >= 0.3 is 8.60 Å². The van der Waals surface area contributed by atoms with Gasteiger partial charge in [0.1, 0.15) is 0 Å². The lowest BCUT2D eigenvalue weighted by Gasteiger charge is -2.04. The maximum Gasteiger partial charge on any atom is 0.324 e. The van der Waals surface area contributed by atoms with Crippen LogP contribution in [0.2, 0.25) is 0 Å². The van der Waals surface area contributed by atoms with Crippen molar-refractivity contribution in [2.75, 3.05) is 6.54 Å². The maximum absolute atomic E-state index is 7.23. The first-order valence-corrected chi connectivity index (χ1v) is 12.9. The second-order valence-corrected chi connectivity index (χ2v) is 8.31. The number of nitrogens with two attached hydrogens (primary N) is 1. The molecule has 0 rings (SSSR count). The first-order chi connectivity index (χ1) is 13.1. The van der Waals surface area contributed by atoms with E-state index in [4.69, 9.17) is 20.4 Å². The Morgan fingerprint density at radius 3 is 0.815 bits per heavy atom. The highest BCUT2D eigenvalue weighted by atomic mass is 31.2. The molecule has 0 aliphatic heterocycles. The molecule has 5 heteroatoms. The molecule has 0 aliphatic rings. The lowest BCUT2D eigenvalue weighted by atomic mass is 10.0. The zero-order valence-corrected chi connectivity index (χ0v) is 19.1. The van der Waals surface area contributed by atoms with Gasteiger partial charge in [-0.1, -0.05) is 129 Å². The van der Waals surface area contributed by atoms with Gasteiger partial charge in [0.25, 0.3) is 0 Å². The highest BCUT2D eigenvalue weighted by Crippen LogP contribution is 2.14. The second-order valence-electron chi connectivity index (χ2n) is 7.77. The van der Waals surface area contributed by atoms with Gasteiger partial charge in [-0.2, -0.15) is 0 Å². The van der Waals surface area contributed by atoms with Crippen LogP contribution in [-0.2, 0) is 0 Å². The van der Waals surface area contributed by atoms with E-state index in [2.05, 4.69) is 6.92 Å². The molecular weight excluding hydrogens is 357 g/mol. The Bertz CT molecular complexity index is 221. The molecule has 0 heterocycles. The van der Waals surface area contributed by atoms with E-state index in [-0.39, 0.29) is 0 Å². The van der Waals surface area contributed by atoms with Crippen molar-refractivity contribution in [1.82, 2.24) is 0 Å². The molecule has 27 heavy (non-hydrogen) atoms. The SMILES string of the molecule is CCCCCCCCCCCCCCCCCCCCCCN.OP(O)O. The smallest absolute Gasteiger partial charge is 0.324 e. The van der Waals surface area contributed by atoms with Crippen LogP contribution in [0.3, 0.4) is 0 Å². The van der Waals surface area contributed by atoms with E-state index in [0.29, 0.717) is 0 Å². The Balaban J connectivity index is 0. The van der Waals surface area contributed by atoms with Crippen LogP contribution >= 0.6 is 8.60 Å². The van der Waals surface area contributed by atoms with Crippen molar-refractivity contribution >= 4 is 8.60 Å². The average molecular weight is 408 g/mol. The number of hydrogen-bond acceptors (Lipinski definition) is 4.